The summed E-state index contributed by atoms with van der Waals surface area (Å²) in [5.41, 5.74) is 10.1. The van der Waals surface area contributed by atoms with Gasteiger partial charge in [0.1, 0.15) is 42.7 Å². The molecule has 0 spiro atoms. The molecule has 6 heterocycles. The topological polar surface area (TPSA) is 448 Å². The van der Waals surface area contributed by atoms with Crippen molar-refractivity contribution in [1.29, 1.82) is 0 Å². The molecule has 14 N–H and O–H groups in total. The first kappa shape index (κ1) is 46.8. The van der Waals surface area contributed by atoms with Crippen molar-refractivity contribution in [1.82, 2.24) is 29.5 Å². The third kappa shape index (κ3) is 10.9. The summed E-state index contributed by atoms with van der Waals surface area (Å²) < 4.78 is 87.4. The van der Waals surface area contributed by atoms with E-state index in [2.05, 4.69) is 29.4 Å². The van der Waals surface area contributed by atoms with Crippen LogP contribution >= 0.6 is 23.5 Å². The predicted octanol–water partition coefficient (Wildman–Crippen LogP) is -5.08. The minimum atomic E-state index is -5.43. The number of hydrogen-bond acceptors (Lipinski definition) is 21. The Labute approximate surface area is 340 Å². The van der Waals surface area contributed by atoms with Crippen molar-refractivity contribution in [2.24, 2.45) is 7.05 Å². The number of fused-ring (bicyclic) bond motifs is 2. The van der Waals surface area contributed by atoms with Gasteiger partial charge in [0.2, 0.25) is 23.5 Å². The van der Waals surface area contributed by atoms with Crippen molar-refractivity contribution in [2.75, 3.05) is 58.2 Å². The fourth-order valence-electron chi connectivity index (χ4n) is 6.33. The number of imidazole rings is 2. The van der Waals surface area contributed by atoms with Gasteiger partial charge in [0.25, 0.3) is 23.0 Å². The molecule has 0 radical (unpaired) electrons. The molecule has 0 amide bonds. The number of nitrogens with one attached hydrogen (secondary N) is 3. The number of aliphatic hydroxyl groups excluding tert-OH is 3. The minimum Gasteiger partial charge on any atom is -0.387 e. The summed E-state index contributed by atoms with van der Waals surface area (Å²) in [6.45, 7) is -4.17. The lowest BCUT2D eigenvalue weighted by atomic mass is 10.1. The summed E-state index contributed by atoms with van der Waals surface area (Å²) in [7, 11) is -12.9. The Balaban J connectivity index is 1.05. The Morgan fingerprint density at radius 3 is 2.00 bits per heavy atom. The van der Waals surface area contributed by atoms with Gasteiger partial charge in [-0.3, -0.25) is 51.7 Å². The molecule has 61 heavy (non-hydrogen) atoms. The summed E-state index contributed by atoms with van der Waals surface area (Å²) in [6.07, 6.45) is -11.2. The lowest BCUT2D eigenvalue weighted by Gasteiger charge is -2.22. The second-order valence-electron chi connectivity index (χ2n) is 13.4. The highest BCUT2D eigenvalue weighted by Crippen LogP contribution is 2.48. The zero-order chi connectivity index (χ0) is 44.6. The maximum absolute atomic E-state index is 12.9. The highest BCUT2D eigenvalue weighted by Gasteiger charge is 2.50. The number of aromatic amines is 3. The number of hydrogen-bond donors (Lipinski definition) is 12. The van der Waals surface area contributed by atoms with Crippen LogP contribution in [0.3, 0.4) is 0 Å². The Morgan fingerprint density at radius 2 is 1.39 bits per heavy atom. The molecule has 2 fully saturated rings. The number of phosphoric acid groups is 3. The van der Waals surface area contributed by atoms with Crippen LogP contribution in [0, 0.1) is 0 Å². The fourth-order valence-corrected chi connectivity index (χ4v) is 8.37. The molecule has 4 aromatic heterocycles. The minimum absolute atomic E-state index is 0.0384. The van der Waals surface area contributed by atoms with Gasteiger partial charge in [0.15, 0.2) is 12.7 Å². The van der Waals surface area contributed by atoms with Gasteiger partial charge in [0, 0.05) is 7.11 Å². The summed E-state index contributed by atoms with van der Waals surface area (Å²) in [5.74, 6) is -0.501. The van der Waals surface area contributed by atoms with Crippen LogP contribution in [0.2, 0.25) is 0 Å². The number of phosphoric ester groups is 3. The van der Waals surface area contributed by atoms with Crippen molar-refractivity contribution in [3.8, 4) is 0 Å². The second kappa shape index (κ2) is 18.6. The Kier molecular flexibility index (Phi) is 14.3. The van der Waals surface area contributed by atoms with E-state index >= 15 is 0 Å². The molecule has 340 valence electrons. The van der Waals surface area contributed by atoms with Gasteiger partial charge in [-0.2, -0.15) is 0 Å². The van der Waals surface area contributed by atoms with Crippen molar-refractivity contribution in [3.05, 3.63) is 33.4 Å². The summed E-state index contributed by atoms with van der Waals surface area (Å²) in [5, 5.41) is 32.3. The van der Waals surface area contributed by atoms with Gasteiger partial charge in [-0.15, -0.1) is 0 Å². The van der Waals surface area contributed by atoms with Crippen LogP contribution in [-0.4, -0.2) is 154 Å². The number of nitrogens with zero attached hydrogens (tertiary/aromatic N) is 5. The quantitative estimate of drug-likeness (QED) is 0.0224. The number of nitrogen functional groups attached to an aromatic ring is 2. The lowest BCUT2D eigenvalue weighted by Crippen LogP contribution is -2.47. The number of aryl methyl sites for hydroxylation is 1. The van der Waals surface area contributed by atoms with Crippen molar-refractivity contribution >= 4 is 57.7 Å². The van der Waals surface area contributed by atoms with E-state index in [1.807, 2.05) is 0 Å². The van der Waals surface area contributed by atoms with Gasteiger partial charge >= 0.3 is 34.8 Å². The Morgan fingerprint density at radius 1 is 0.820 bits per heavy atom. The molecule has 0 aromatic carbocycles. The van der Waals surface area contributed by atoms with E-state index < -0.39 is 116 Å². The highest BCUT2D eigenvalue weighted by atomic mass is 31.2. The number of ether oxygens (including phenoxy) is 4. The normalized spacial score (nSPS) is 27.2. The zero-order valence-corrected chi connectivity index (χ0v) is 34.4. The van der Waals surface area contributed by atoms with Gasteiger partial charge in [-0.1, -0.05) is 9.97 Å². The third-order valence-electron chi connectivity index (χ3n) is 9.03. The van der Waals surface area contributed by atoms with E-state index in [-0.39, 0.29) is 47.4 Å². The molecule has 5 unspecified atom stereocenters. The van der Waals surface area contributed by atoms with Gasteiger partial charge in [0.05, 0.1) is 46.7 Å². The average molecular weight is 937 g/mol. The fraction of sp³-hybridized carbons (Fsp3) is 0.630. The van der Waals surface area contributed by atoms with Crippen LogP contribution in [0.25, 0.3) is 22.3 Å². The number of rotatable bonds is 20. The molecule has 31 nitrogen and oxygen atoms in total. The van der Waals surface area contributed by atoms with E-state index in [1.54, 1.807) is 0 Å². The third-order valence-corrected chi connectivity index (χ3v) is 11.5. The van der Waals surface area contributed by atoms with Gasteiger partial charge < -0.3 is 65.3 Å². The first-order valence-corrected chi connectivity index (χ1v) is 22.1. The van der Waals surface area contributed by atoms with Crippen molar-refractivity contribution in [3.63, 3.8) is 0 Å². The average Bonchev–Trinajstić information content (AvgIpc) is 3.90. The van der Waals surface area contributed by atoms with Crippen LogP contribution in [0.15, 0.2) is 22.2 Å². The lowest BCUT2D eigenvalue weighted by molar-refractivity contribution is -0.746. The Hall–Kier alpha value is -3.65. The molecule has 2 aliphatic heterocycles. The summed E-state index contributed by atoms with van der Waals surface area (Å²) in [4.78, 5) is 79.6. The molecule has 0 saturated carbocycles. The van der Waals surface area contributed by atoms with Crippen molar-refractivity contribution in [2.45, 2.75) is 55.2 Å². The predicted molar refractivity (Wildman–Crippen MR) is 195 cm³/mol. The number of methoxy groups -OCH3 is 1. The molecule has 2 saturated heterocycles. The van der Waals surface area contributed by atoms with E-state index in [0.29, 0.717) is 0 Å². The summed E-state index contributed by atoms with van der Waals surface area (Å²) in [6, 6.07) is 0. The van der Waals surface area contributed by atoms with Gasteiger partial charge in [-0.25, -0.2) is 22.8 Å². The second-order valence-corrected chi connectivity index (χ2v) is 17.5. The highest BCUT2D eigenvalue weighted by molar-refractivity contribution is 7.47. The standard InChI is InChI=1S/C27H41N10O21P3/c1-35-10-37(21-15(35)23(42)34-27(29)32-21)25-19(51-4-3-50-2)17(39)13(57-25)8-55-61(48,49)53-6-11(58-59(43,44)45)5-52-60(46,47)54-7-12-16(38)18(40)24(56-12)36-9-30-14-20(36)31-26(28)33-22(14)41/h9-13,16-19,24-25,38-40H,3-8H2,1-2H3,(H9-,28,29,31,32,33,34,41,42,43,44,45,46,47,48,49)/p+2/t11?,12?,13?,16-,17-,18-,19-,24-,25-/m1/s1. The maximum Gasteiger partial charge on any atom is 0.472 e. The maximum atomic E-state index is 12.9. The van der Waals surface area contributed by atoms with Crippen LogP contribution in [0.5, 0.6) is 0 Å². The van der Waals surface area contributed by atoms with Crippen LogP contribution < -0.4 is 31.7 Å². The van der Waals surface area contributed by atoms with Crippen LogP contribution in [-0.2, 0) is 62.3 Å². The van der Waals surface area contributed by atoms with Gasteiger partial charge in [-0.05, 0) is 0 Å². The molecular weight excluding hydrogens is 893 g/mol. The molecule has 2 aliphatic rings. The molecule has 34 heteroatoms. The molecule has 11 atom stereocenters. The van der Waals surface area contributed by atoms with Crippen LogP contribution in [0.1, 0.15) is 12.5 Å². The van der Waals surface area contributed by atoms with Crippen LogP contribution in [0.4, 0.5) is 11.9 Å². The smallest absolute Gasteiger partial charge is 0.387 e. The monoisotopic (exact) mass is 936 g/mol. The molecule has 0 bridgehead atoms. The Bertz CT molecular complexity index is 2460. The largest absolute Gasteiger partial charge is 0.472 e. The van der Waals surface area contributed by atoms with E-state index in [0.717, 1.165) is 4.57 Å². The molecule has 4 aromatic rings. The van der Waals surface area contributed by atoms with E-state index in [9.17, 15) is 58.2 Å². The zero-order valence-electron chi connectivity index (χ0n) is 31.7. The van der Waals surface area contributed by atoms with Crippen molar-refractivity contribution < 1.29 is 99.3 Å². The molecule has 6 rings (SSSR count). The SMILES string of the molecule is COCCO[C@@H]1[C@H](O)C(COP(=O)(O)OCC(COP(=O)(O)OCC2O[C@@H]([n+]3c[nH]c4c(=O)[nH]c(N)nc43)[C@H](O)[C@@H]2O)OP(=O)(O)O)O[C@H]1[n+]1cn(C)c2c(=O)[nH]c(N)nc21. The first-order chi connectivity index (χ1) is 28.6. The van der Waals surface area contributed by atoms with E-state index in [1.165, 1.54) is 35.9 Å². The first-order valence-electron chi connectivity index (χ1n) is 17.6. The van der Waals surface area contributed by atoms with E-state index in [4.69, 9.17) is 48.5 Å². The molecule has 0 aliphatic carbocycles. The number of anilines is 2. The summed E-state index contributed by atoms with van der Waals surface area (Å²) >= 11 is 0. The number of aliphatic hydroxyl groups is 3. The number of H-pyrrole nitrogens is 3. The number of nitrogens with two attached hydrogens (primary N) is 2. The number of aromatic nitrogens is 8. The molecular formula is C27H43N10O21P3+2.